The van der Waals surface area contributed by atoms with Crippen molar-refractivity contribution in [2.75, 3.05) is 6.54 Å². The maximum Gasteiger partial charge on any atom is 0.251 e. The second-order valence-electron chi connectivity index (χ2n) is 6.07. The highest BCUT2D eigenvalue weighted by molar-refractivity contribution is 9.10. The maximum atomic E-state index is 12.1. The van der Waals surface area contributed by atoms with Gasteiger partial charge in [-0.05, 0) is 43.4 Å². The summed E-state index contributed by atoms with van der Waals surface area (Å²) < 4.78 is 0.926. The van der Waals surface area contributed by atoms with Crippen LogP contribution in [0.25, 0.3) is 0 Å². The Morgan fingerprint density at radius 2 is 2.30 bits per heavy atom. The van der Waals surface area contributed by atoms with Gasteiger partial charge in [0.2, 0.25) is 0 Å². The van der Waals surface area contributed by atoms with E-state index in [0.717, 1.165) is 29.3 Å². The third-order valence-corrected chi connectivity index (χ3v) is 4.93. The van der Waals surface area contributed by atoms with Gasteiger partial charge in [0.15, 0.2) is 0 Å². The van der Waals surface area contributed by atoms with Gasteiger partial charge in [0.05, 0.1) is 5.60 Å². The molecule has 0 radical (unpaired) electrons. The maximum absolute atomic E-state index is 12.1. The molecule has 20 heavy (non-hydrogen) atoms. The summed E-state index contributed by atoms with van der Waals surface area (Å²) in [5.41, 5.74) is 0.978. The van der Waals surface area contributed by atoms with E-state index < -0.39 is 5.60 Å². The Balaban J connectivity index is 1.96. The van der Waals surface area contributed by atoms with Gasteiger partial charge in [-0.15, -0.1) is 0 Å². The number of benzene rings is 1. The Kier molecular flexibility index (Phi) is 4.86. The predicted molar refractivity (Wildman–Crippen MR) is 83.8 cm³/mol. The number of rotatable bonds is 3. The normalized spacial score (nSPS) is 26.3. The highest BCUT2D eigenvalue weighted by Gasteiger charge is 2.32. The Bertz CT molecular complexity index is 503. The third kappa shape index (κ3) is 3.83. The van der Waals surface area contributed by atoms with E-state index in [4.69, 9.17) is 0 Å². The molecule has 0 aliphatic heterocycles. The SMILES string of the molecule is Cc1ccc(C(=O)NCC2(O)CCCC(C)C2)cc1Br. The Labute approximate surface area is 128 Å². The first kappa shape index (κ1) is 15.5. The second kappa shape index (κ2) is 6.27. The predicted octanol–water partition coefficient (Wildman–Crippen LogP) is 3.43. The molecular formula is C16H22BrNO2. The van der Waals surface area contributed by atoms with Gasteiger partial charge in [-0.2, -0.15) is 0 Å². The zero-order valence-electron chi connectivity index (χ0n) is 12.1. The van der Waals surface area contributed by atoms with E-state index >= 15 is 0 Å². The summed E-state index contributed by atoms with van der Waals surface area (Å²) in [6.07, 6.45) is 3.74. The molecule has 1 aliphatic carbocycles. The van der Waals surface area contributed by atoms with Gasteiger partial charge in [0, 0.05) is 16.6 Å². The molecule has 0 bridgehead atoms. The molecule has 0 heterocycles. The van der Waals surface area contributed by atoms with Gasteiger partial charge in [-0.3, -0.25) is 4.79 Å². The highest BCUT2D eigenvalue weighted by Crippen LogP contribution is 2.31. The fraction of sp³-hybridized carbons (Fsp3) is 0.562. The van der Waals surface area contributed by atoms with Gasteiger partial charge >= 0.3 is 0 Å². The average molecular weight is 340 g/mol. The fourth-order valence-electron chi connectivity index (χ4n) is 2.87. The van der Waals surface area contributed by atoms with Gasteiger partial charge in [0.25, 0.3) is 5.91 Å². The zero-order valence-corrected chi connectivity index (χ0v) is 13.7. The van der Waals surface area contributed by atoms with E-state index in [0.29, 0.717) is 18.0 Å². The van der Waals surface area contributed by atoms with Crippen LogP contribution in [0.4, 0.5) is 0 Å². The molecule has 1 aliphatic rings. The summed E-state index contributed by atoms with van der Waals surface area (Å²) >= 11 is 3.43. The first-order valence-electron chi connectivity index (χ1n) is 7.16. The van der Waals surface area contributed by atoms with Crippen molar-refractivity contribution in [2.24, 2.45) is 5.92 Å². The van der Waals surface area contributed by atoms with E-state index in [2.05, 4.69) is 28.2 Å². The minimum atomic E-state index is -0.741. The van der Waals surface area contributed by atoms with Crippen molar-refractivity contribution in [2.45, 2.75) is 45.1 Å². The lowest BCUT2D eigenvalue weighted by molar-refractivity contribution is -0.0109. The Morgan fingerprint density at radius 3 is 2.95 bits per heavy atom. The number of halogens is 1. The molecule has 4 heteroatoms. The molecule has 1 saturated carbocycles. The van der Waals surface area contributed by atoms with Crippen molar-refractivity contribution in [1.29, 1.82) is 0 Å². The molecule has 1 aromatic rings. The Morgan fingerprint density at radius 1 is 1.55 bits per heavy atom. The van der Waals surface area contributed by atoms with Crippen LogP contribution in [-0.2, 0) is 0 Å². The van der Waals surface area contributed by atoms with Crippen LogP contribution in [0.3, 0.4) is 0 Å². The number of hydrogen-bond donors (Lipinski definition) is 2. The fourth-order valence-corrected chi connectivity index (χ4v) is 3.25. The Hall–Kier alpha value is -0.870. The molecule has 0 aromatic heterocycles. The average Bonchev–Trinajstić information content (AvgIpc) is 2.39. The van der Waals surface area contributed by atoms with Gasteiger partial charge in [-0.1, -0.05) is 41.8 Å². The first-order chi connectivity index (χ1) is 9.39. The third-order valence-electron chi connectivity index (χ3n) is 4.08. The molecule has 0 saturated heterocycles. The van der Waals surface area contributed by atoms with Crippen LogP contribution in [0.1, 0.15) is 48.5 Å². The summed E-state index contributed by atoms with van der Waals surface area (Å²) in [6, 6.07) is 5.54. The van der Waals surface area contributed by atoms with Crippen molar-refractivity contribution in [3.05, 3.63) is 33.8 Å². The van der Waals surface area contributed by atoms with E-state index in [1.165, 1.54) is 6.42 Å². The lowest BCUT2D eigenvalue weighted by atomic mass is 9.79. The molecule has 2 atom stereocenters. The van der Waals surface area contributed by atoms with Crippen molar-refractivity contribution >= 4 is 21.8 Å². The smallest absolute Gasteiger partial charge is 0.251 e. The second-order valence-corrected chi connectivity index (χ2v) is 6.93. The lowest BCUT2D eigenvalue weighted by Gasteiger charge is -2.35. The van der Waals surface area contributed by atoms with Crippen molar-refractivity contribution in [3.8, 4) is 0 Å². The molecule has 0 spiro atoms. The van der Waals surface area contributed by atoms with Crippen LogP contribution in [0.2, 0.25) is 0 Å². The molecule has 2 rings (SSSR count). The molecule has 1 aromatic carbocycles. The summed E-state index contributed by atoms with van der Waals surface area (Å²) in [6.45, 7) is 4.47. The van der Waals surface area contributed by atoms with Crippen molar-refractivity contribution < 1.29 is 9.90 Å². The minimum absolute atomic E-state index is 0.127. The number of nitrogens with one attached hydrogen (secondary N) is 1. The zero-order chi connectivity index (χ0) is 14.8. The van der Waals surface area contributed by atoms with E-state index in [1.54, 1.807) is 0 Å². The van der Waals surface area contributed by atoms with E-state index in [-0.39, 0.29) is 5.91 Å². The molecule has 2 N–H and O–H groups in total. The van der Waals surface area contributed by atoms with Gasteiger partial charge in [0.1, 0.15) is 0 Å². The number of carbonyl (C=O) groups is 1. The quantitative estimate of drug-likeness (QED) is 0.886. The van der Waals surface area contributed by atoms with E-state index in [9.17, 15) is 9.90 Å². The van der Waals surface area contributed by atoms with Crippen LogP contribution < -0.4 is 5.32 Å². The highest BCUT2D eigenvalue weighted by atomic mass is 79.9. The molecular weight excluding hydrogens is 318 g/mol. The largest absolute Gasteiger partial charge is 0.388 e. The molecule has 1 amide bonds. The topological polar surface area (TPSA) is 49.3 Å². The molecule has 110 valence electrons. The molecule has 1 fully saturated rings. The number of amides is 1. The number of aliphatic hydroxyl groups is 1. The van der Waals surface area contributed by atoms with Gasteiger partial charge < -0.3 is 10.4 Å². The van der Waals surface area contributed by atoms with E-state index in [1.807, 2.05) is 25.1 Å². The van der Waals surface area contributed by atoms with Gasteiger partial charge in [-0.25, -0.2) is 0 Å². The molecule has 3 nitrogen and oxygen atoms in total. The first-order valence-corrected chi connectivity index (χ1v) is 7.96. The van der Waals surface area contributed by atoms with Crippen LogP contribution in [-0.4, -0.2) is 23.2 Å². The van der Waals surface area contributed by atoms with Crippen molar-refractivity contribution in [3.63, 3.8) is 0 Å². The minimum Gasteiger partial charge on any atom is -0.388 e. The van der Waals surface area contributed by atoms with Crippen LogP contribution in [0, 0.1) is 12.8 Å². The summed E-state index contributed by atoms with van der Waals surface area (Å²) in [5.74, 6) is 0.400. The van der Waals surface area contributed by atoms with Crippen LogP contribution in [0.5, 0.6) is 0 Å². The summed E-state index contributed by atoms with van der Waals surface area (Å²) in [5, 5.41) is 13.4. The lowest BCUT2D eigenvalue weighted by Crippen LogP contribution is -2.45. The number of carbonyl (C=O) groups excluding carboxylic acids is 1. The standard InChI is InChI=1S/C16H22BrNO2/c1-11-4-3-7-16(20,9-11)10-18-15(19)13-6-5-12(2)14(17)8-13/h5-6,8,11,20H,3-4,7,9-10H2,1-2H3,(H,18,19). The molecule has 2 unspecified atom stereocenters. The number of aryl methyl sites for hydroxylation is 1. The summed E-state index contributed by atoms with van der Waals surface area (Å²) in [7, 11) is 0. The summed E-state index contributed by atoms with van der Waals surface area (Å²) in [4.78, 5) is 12.1. The van der Waals surface area contributed by atoms with Crippen LogP contribution >= 0.6 is 15.9 Å². The van der Waals surface area contributed by atoms with Crippen LogP contribution in [0.15, 0.2) is 22.7 Å². The number of hydrogen-bond acceptors (Lipinski definition) is 2. The van der Waals surface area contributed by atoms with Crippen molar-refractivity contribution in [1.82, 2.24) is 5.32 Å². The monoisotopic (exact) mass is 339 g/mol.